The monoisotopic (exact) mass is 279 g/mol. The van der Waals surface area contributed by atoms with Crippen LogP contribution in [0.4, 0.5) is 0 Å². The number of nitrogens with zero attached hydrogens (tertiary/aromatic N) is 2. The second-order valence-corrected chi connectivity index (χ2v) is 5.07. The summed E-state index contributed by atoms with van der Waals surface area (Å²) in [4.78, 5) is 4.40. The third-order valence-electron chi connectivity index (χ3n) is 3.07. The van der Waals surface area contributed by atoms with Gasteiger partial charge in [-0.25, -0.2) is 0 Å². The molecule has 1 heterocycles. The zero-order chi connectivity index (χ0) is 13.7. The molecule has 1 atom stereocenters. The van der Waals surface area contributed by atoms with Gasteiger partial charge in [0.25, 0.3) is 0 Å². The highest BCUT2D eigenvalue weighted by molar-refractivity contribution is 6.30. The molecule has 19 heavy (non-hydrogen) atoms. The van der Waals surface area contributed by atoms with Gasteiger partial charge in [0.15, 0.2) is 5.82 Å². The van der Waals surface area contributed by atoms with Gasteiger partial charge in [0.05, 0.1) is 0 Å². The van der Waals surface area contributed by atoms with Crippen LogP contribution < -0.4 is 5.32 Å². The van der Waals surface area contributed by atoms with E-state index in [0.29, 0.717) is 18.4 Å². The highest BCUT2D eigenvalue weighted by atomic mass is 35.5. The number of hydrogen-bond acceptors (Lipinski definition) is 4. The maximum atomic E-state index is 5.85. The van der Waals surface area contributed by atoms with Gasteiger partial charge in [-0.15, -0.1) is 0 Å². The summed E-state index contributed by atoms with van der Waals surface area (Å²) >= 11 is 5.85. The van der Waals surface area contributed by atoms with Crippen LogP contribution in [-0.4, -0.2) is 23.2 Å². The molecule has 1 unspecified atom stereocenters. The number of aryl methyl sites for hydroxylation is 1. The molecule has 102 valence electrons. The van der Waals surface area contributed by atoms with Gasteiger partial charge in [-0.05, 0) is 38.1 Å². The third kappa shape index (κ3) is 4.33. The third-order valence-corrected chi connectivity index (χ3v) is 3.32. The van der Waals surface area contributed by atoms with Gasteiger partial charge in [-0.1, -0.05) is 28.9 Å². The first-order valence-electron chi connectivity index (χ1n) is 6.40. The summed E-state index contributed by atoms with van der Waals surface area (Å²) in [6.07, 6.45) is 2.46. The Balaban J connectivity index is 1.91. The SMILES string of the molecule is CNC(C)CCc1nc(Cc2ccc(Cl)cc2)no1. The van der Waals surface area contributed by atoms with E-state index in [2.05, 4.69) is 22.4 Å². The first kappa shape index (κ1) is 14.0. The number of halogens is 1. The Morgan fingerprint density at radius 2 is 2.05 bits per heavy atom. The van der Waals surface area contributed by atoms with Crippen molar-refractivity contribution in [1.82, 2.24) is 15.5 Å². The molecule has 2 rings (SSSR count). The molecule has 1 N–H and O–H groups in total. The molecule has 4 nitrogen and oxygen atoms in total. The summed E-state index contributed by atoms with van der Waals surface area (Å²) in [6.45, 7) is 2.13. The number of benzene rings is 1. The quantitative estimate of drug-likeness (QED) is 0.883. The molecule has 0 bridgehead atoms. The van der Waals surface area contributed by atoms with Gasteiger partial charge in [0, 0.05) is 23.9 Å². The number of hydrogen-bond donors (Lipinski definition) is 1. The van der Waals surface area contributed by atoms with Crippen LogP contribution in [0.25, 0.3) is 0 Å². The zero-order valence-electron chi connectivity index (χ0n) is 11.2. The molecule has 0 amide bonds. The van der Waals surface area contributed by atoms with Gasteiger partial charge in [-0.2, -0.15) is 4.98 Å². The van der Waals surface area contributed by atoms with Crippen molar-refractivity contribution in [1.29, 1.82) is 0 Å². The smallest absolute Gasteiger partial charge is 0.226 e. The minimum absolute atomic E-state index is 0.451. The predicted octanol–water partition coefficient (Wildman–Crippen LogP) is 2.85. The second kappa shape index (κ2) is 6.68. The molecule has 0 saturated carbocycles. The lowest BCUT2D eigenvalue weighted by Gasteiger charge is -2.06. The van der Waals surface area contributed by atoms with E-state index in [0.717, 1.165) is 29.3 Å². The van der Waals surface area contributed by atoms with Gasteiger partial charge in [0.1, 0.15) is 0 Å². The van der Waals surface area contributed by atoms with E-state index in [-0.39, 0.29) is 0 Å². The average Bonchev–Trinajstić information content (AvgIpc) is 2.86. The molecule has 1 aromatic carbocycles. The van der Waals surface area contributed by atoms with Gasteiger partial charge < -0.3 is 9.84 Å². The van der Waals surface area contributed by atoms with E-state index in [1.54, 1.807) is 0 Å². The summed E-state index contributed by atoms with van der Waals surface area (Å²) in [5, 5.41) is 7.92. The van der Waals surface area contributed by atoms with Crippen molar-refractivity contribution in [2.45, 2.75) is 32.2 Å². The van der Waals surface area contributed by atoms with Crippen LogP contribution in [0.2, 0.25) is 5.02 Å². The molecule has 0 aliphatic carbocycles. The molecule has 0 aliphatic heterocycles. The fraction of sp³-hybridized carbons (Fsp3) is 0.429. The van der Waals surface area contributed by atoms with Crippen molar-refractivity contribution >= 4 is 11.6 Å². The summed E-state index contributed by atoms with van der Waals surface area (Å²) in [5.74, 6) is 1.42. The molecule has 2 aromatic rings. The lowest BCUT2D eigenvalue weighted by molar-refractivity contribution is 0.365. The van der Waals surface area contributed by atoms with Gasteiger partial charge in [-0.3, -0.25) is 0 Å². The molecule has 0 spiro atoms. The number of aromatic nitrogens is 2. The lowest BCUT2D eigenvalue weighted by atomic mass is 10.1. The molecular formula is C14H18ClN3O. The van der Waals surface area contributed by atoms with Crippen LogP contribution in [0.5, 0.6) is 0 Å². The van der Waals surface area contributed by atoms with E-state index < -0.39 is 0 Å². The predicted molar refractivity (Wildman–Crippen MR) is 75.4 cm³/mol. The molecule has 0 fully saturated rings. The number of nitrogens with one attached hydrogen (secondary N) is 1. The molecule has 0 radical (unpaired) electrons. The number of rotatable bonds is 6. The van der Waals surface area contributed by atoms with Crippen LogP contribution >= 0.6 is 11.6 Å². The average molecular weight is 280 g/mol. The first-order chi connectivity index (χ1) is 9.17. The first-order valence-corrected chi connectivity index (χ1v) is 6.78. The maximum Gasteiger partial charge on any atom is 0.226 e. The topological polar surface area (TPSA) is 51.0 Å². The van der Waals surface area contributed by atoms with E-state index in [1.807, 2.05) is 31.3 Å². The van der Waals surface area contributed by atoms with E-state index >= 15 is 0 Å². The fourth-order valence-electron chi connectivity index (χ4n) is 1.73. The Hall–Kier alpha value is -1.39. The van der Waals surface area contributed by atoms with E-state index in [4.69, 9.17) is 16.1 Å². The van der Waals surface area contributed by atoms with Crippen molar-refractivity contribution in [2.75, 3.05) is 7.05 Å². The van der Waals surface area contributed by atoms with Crippen molar-refractivity contribution in [2.24, 2.45) is 0 Å². The fourth-order valence-corrected chi connectivity index (χ4v) is 1.86. The largest absolute Gasteiger partial charge is 0.339 e. The summed E-state index contributed by atoms with van der Waals surface area (Å²) in [5.41, 5.74) is 1.13. The van der Waals surface area contributed by atoms with Crippen molar-refractivity contribution in [3.05, 3.63) is 46.6 Å². The molecule has 0 aliphatic rings. The van der Waals surface area contributed by atoms with Crippen molar-refractivity contribution in [3.63, 3.8) is 0 Å². The van der Waals surface area contributed by atoms with E-state index in [1.165, 1.54) is 0 Å². The van der Waals surface area contributed by atoms with Gasteiger partial charge in [0.2, 0.25) is 5.89 Å². The molecule has 0 saturated heterocycles. The Labute approximate surface area is 118 Å². The Kier molecular flexibility index (Phi) is 4.93. The lowest BCUT2D eigenvalue weighted by Crippen LogP contribution is -2.21. The Bertz CT molecular complexity index is 510. The van der Waals surface area contributed by atoms with Crippen LogP contribution in [0.3, 0.4) is 0 Å². The standard InChI is InChI=1S/C14H18ClN3O/c1-10(16-2)3-8-14-17-13(18-19-14)9-11-4-6-12(15)7-5-11/h4-7,10,16H,3,8-9H2,1-2H3. The molecule has 5 heteroatoms. The van der Waals surface area contributed by atoms with Crippen LogP contribution in [-0.2, 0) is 12.8 Å². The Morgan fingerprint density at radius 1 is 1.32 bits per heavy atom. The van der Waals surface area contributed by atoms with Crippen LogP contribution in [0, 0.1) is 0 Å². The summed E-state index contributed by atoms with van der Waals surface area (Å²) < 4.78 is 5.24. The van der Waals surface area contributed by atoms with Crippen LogP contribution in [0.15, 0.2) is 28.8 Å². The minimum Gasteiger partial charge on any atom is -0.339 e. The van der Waals surface area contributed by atoms with E-state index in [9.17, 15) is 0 Å². The minimum atomic E-state index is 0.451. The Morgan fingerprint density at radius 3 is 2.74 bits per heavy atom. The molecular weight excluding hydrogens is 262 g/mol. The normalized spacial score (nSPS) is 12.6. The van der Waals surface area contributed by atoms with Crippen molar-refractivity contribution in [3.8, 4) is 0 Å². The van der Waals surface area contributed by atoms with Crippen molar-refractivity contribution < 1.29 is 4.52 Å². The van der Waals surface area contributed by atoms with Gasteiger partial charge >= 0.3 is 0 Å². The second-order valence-electron chi connectivity index (χ2n) is 4.64. The molecule has 1 aromatic heterocycles. The van der Waals surface area contributed by atoms with Crippen LogP contribution in [0.1, 0.15) is 30.6 Å². The summed E-state index contributed by atoms with van der Waals surface area (Å²) in [6, 6.07) is 8.13. The highest BCUT2D eigenvalue weighted by Gasteiger charge is 2.08. The summed E-state index contributed by atoms with van der Waals surface area (Å²) in [7, 11) is 1.95. The highest BCUT2D eigenvalue weighted by Crippen LogP contribution is 2.12. The zero-order valence-corrected chi connectivity index (χ0v) is 11.9. The maximum absolute atomic E-state index is 5.85.